The van der Waals surface area contributed by atoms with Crippen LogP contribution in [0.3, 0.4) is 0 Å². The largest absolute Gasteiger partial charge is 2.00 e. The molecule has 0 saturated heterocycles. The molecule has 0 aliphatic heterocycles. The number of nitrogens with one attached hydrogen (secondary N) is 2. The Morgan fingerprint density at radius 1 is 0.789 bits per heavy atom. The molecule has 0 spiro atoms. The van der Waals surface area contributed by atoms with Gasteiger partial charge < -0.3 is 41.5 Å². The Balaban J connectivity index is -0.000000256. The molecule has 0 aromatic carbocycles. The zero-order chi connectivity index (χ0) is 14.6. The predicted molar refractivity (Wildman–Crippen MR) is 54.2 cm³/mol. The minimum absolute atomic E-state index is 0. The predicted octanol–water partition coefficient (Wildman–Crippen LogP) is -5.85. The summed E-state index contributed by atoms with van der Waals surface area (Å²) in [5, 5.41) is 68.3. The molecule has 0 heterocycles. The van der Waals surface area contributed by atoms with Crippen LogP contribution in [0, 0.1) is 10.8 Å². The van der Waals surface area contributed by atoms with Gasteiger partial charge in [-0.2, -0.15) is 0 Å². The molecule has 19 heavy (non-hydrogen) atoms. The third-order valence-corrected chi connectivity index (χ3v) is 1.10. The van der Waals surface area contributed by atoms with E-state index < -0.39 is 23.6 Å². The Morgan fingerprint density at radius 3 is 1.21 bits per heavy atom. The van der Waals surface area contributed by atoms with Gasteiger partial charge >= 0.3 is 16.5 Å². The van der Waals surface area contributed by atoms with E-state index in [0.717, 1.165) is 0 Å². The van der Waals surface area contributed by atoms with Crippen molar-refractivity contribution in [2.24, 2.45) is 9.98 Å². The third-order valence-electron chi connectivity index (χ3n) is 1.10. The van der Waals surface area contributed by atoms with Crippen LogP contribution in [-0.2, 0) is 16.5 Å². The van der Waals surface area contributed by atoms with Crippen LogP contribution in [0.4, 0.5) is 0 Å². The average Bonchev–Trinajstić information content (AvgIpc) is 2.33. The standard InChI is InChI=1S/2C4H8N2O3.Ni/c2*5-3(8)4(9)6-1-2-7;/h2*7H,1-2H2,(H2,5,8)(H,6,9);/q;;+2/p-4. The molecule has 0 unspecified atom stereocenters. The van der Waals surface area contributed by atoms with Crippen LogP contribution in [0.1, 0.15) is 0 Å². The van der Waals surface area contributed by atoms with Gasteiger partial charge in [0, 0.05) is 0 Å². The molecule has 11 heteroatoms. The second-order valence-electron chi connectivity index (χ2n) is 2.48. The first-order chi connectivity index (χ1) is 8.36. The molecule has 4 N–H and O–H groups in total. The Morgan fingerprint density at radius 2 is 1.05 bits per heavy atom. The maximum atomic E-state index is 10.1. The summed E-state index contributed by atoms with van der Waals surface area (Å²) in [4.78, 5) is 6.03. The first kappa shape index (κ1) is 22.5. The fourth-order valence-electron chi connectivity index (χ4n) is 0.447. The average molecular weight is 319 g/mol. The zero-order valence-corrected chi connectivity index (χ0v) is 10.6. The van der Waals surface area contributed by atoms with E-state index in [9.17, 15) is 20.4 Å². The Hall–Kier alpha value is -1.71. The smallest absolute Gasteiger partial charge is 0.858 e. The van der Waals surface area contributed by atoms with Gasteiger partial charge in [0.2, 0.25) is 0 Å². The second-order valence-corrected chi connectivity index (χ2v) is 2.48. The first-order valence-electron chi connectivity index (χ1n) is 4.53. The normalized spacial score (nSPS) is 10.8. The molecule has 0 fully saturated rings. The van der Waals surface area contributed by atoms with E-state index >= 15 is 0 Å². The van der Waals surface area contributed by atoms with E-state index in [1.54, 1.807) is 0 Å². The first-order valence-corrected chi connectivity index (χ1v) is 4.53. The van der Waals surface area contributed by atoms with E-state index in [2.05, 4.69) is 9.98 Å². The van der Waals surface area contributed by atoms with Crippen LogP contribution in [-0.4, -0.2) is 60.1 Å². The Kier molecular flexibility index (Phi) is 17.0. The van der Waals surface area contributed by atoms with Gasteiger partial charge in [-0.15, -0.1) is 0 Å². The molecule has 0 rings (SSSR count). The van der Waals surface area contributed by atoms with Gasteiger partial charge in [0.15, 0.2) is 0 Å². The van der Waals surface area contributed by atoms with Gasteiger partial charge in [0.05, 0.1) is 26.3 Å². The monoisotopic (exact) mass is 318 g/mol. The molecule has 0 bridgehead atoms. The number of rotatable bonds is 4. The minimum atomic E-state index is -1.34. The van der Waals surface area contributed by atoms with E-state index in [1.807, 2.05) is 0 Å². The van der Waals surface area contributed by atoms with E-state index in [4.69, 9.17) is 21.0 Å². The van der Waals surface area contributed by atoms with Crippen LogP contribution in [0.25, 0.3) is 0 Å². The van der Waals surface area contributed by atoms with Gasteiger partial charge in [0.1, 0.15) is 0 Å². The number of aliphatic imine (C=N–C) groups is 2. The molecule has 0 amide bonds. The van der Waals surface area contributed by atoms with Crippen molar-refractivity contribution in [1.29, 1.82) is 10.8 Å². The molecule has 0 radical (unpaired) electrons. The molecule has 0 atom stereocenters. The maximum Gasteiger partial charge on any atom is 2.00 e. The van der Waals surface area contributed by atoms with Crippen LogP contribution in [0.5, 0.6) is 0 Å². The molecule has 0 aromatic heterocycles. The number of hydrogen-bond acceptors (Lipinski definition) is 10. The van der Waals surface area contributed by atoms with Crippen molar-refractivity contribution in [3.8, 4) is 0 Å². The van der Waals surface area contributed by atoms with Crippen LogP contribution in [0.15, 0.2) is 9.98 Å². The van der Waals surface area contributed by atoms with E-state index in [-0.39, 0.29) is 42.8 Å². The van der Waals surface area contributed by atoms with Gasteiger partial charge in [-0.3, -0.25) is 9.98 Å². The van der Waals surface area contributed by atoms with Crippen molar-refractivity contribution in [1.82, 2.24) is 0 Å². The molecule has 0 saturated carbocycles. The summed E-state index contributed by atoms with van der Waals surface area (Å²) in [5.41, 5.74) is 0. The SMILES string of the molecule is N=C([O-])C([O-])=NCCO.N=C([O-])C([O-])=NCCO.[Ni+2]. The molecular formula is C8H12N4NiO6-2. The zero-order valence-electron chi connectivity index (χ0n) is 9.57. The minimum Gasteiger partial charge on any atom is -0.858 e. The van der Waals surface area contributed by atoms with E-state index in [0.29, 0.717) is 0 Å². The topological polar surface area (TPSA) is 205 Å². The van der Waals surface area contributed by atoms with Gasteiger partial charge in [0.25, 0.3) is 0 Å². The van der Waals surface area contributed by atoms with Crippen molar-refractivity contribution in [2.45, 2.75) is 0 Å². The molecular weight excluding hydrogens is 307 g/mol. The number of aliphatic hydroxyl groups is 2. The fraction of sp³-hybridized carbons (Fsp3) is 0.500. The molecule has 0 aliphatic carbocycles. The Bertz CT molecular complexity index is 301. The van der Waals surface area contributed by atoms with Gasteiger partial charge in [-0.05, 0) is 23.6 Å². The van der Waals surface area contributed by atoms with Crippen molar-refractivity contribution in [2.75, 3.05) is 26.3 Å². The summed E-state index contributed by atoms with van der Waals surface area (Å²) in [6, 6.07) is 0. The van der Waals surface area contributed by atoms with Crippen LogP contribution < -0.4 is 20.4 Å². The van der Waals surface area contributed by atoms with Gasteiger partial charge in [-0.1, -0.05) is 0 Å². The fourth-order valence-corrected chi connectivity index (χ4v) is 0.447. The molecule has 112 valence electrons. The Labute approximate surface area is 118 Å². The quantitative estimate of drug-likeness (QED) is 0.225. The summed E-state index contributed by atoms with van der Waals surface area (Å²) >= 11 is 0. The maximum absolute atomic E-state index is 10.1. The summed E-state index contributed by atoms with van der Waals surface area (Å²) < 4.78 is 0. The summed E-state index contributed by atoms with van der Waals surface area (Å²) in [6.07, 6.45) is 0. The van der Waals surface area contributed by atoms with Crippen molar-refractivity contribution >= 4 is 23.6 Å². The molecule has 0 aliphatic rings. The third kappa shape index (κ3) is 16.3. The van der Waals surface area contributed by atoms with Gasteiger partial charge in [-0.25, -0.2) is 0 Å². The van der Waals surface area contributed by atoms with E-state index in [1.165, 1.54) is 0 Å². The van der Waals surface area contributed by atoms with Crippen molar-refractivity contribution in [3.05, 3.63) is 0 Å². The van der Waals surface area contributed by atoms with Crippen molar-refractivity contribution < 1.29 is 47.1 Å². The summed E-state index contributed by atoms with van der Waals surface area (Å²) in [7, 11) is 0. The second kappa shape index (κ2) is 14.4. The number of nitrogens with zero attached hydrogens (tertiary/aromatic N) is 2. The molecule has 10 nitrogen and oxygen atoms in total. The summed E-state index contributed by atoms with van der Waals surface area (Å²) in [6.45, 7) is -0.773. The molecule has 0 aromatic rings. The van der Waals surface area contributed by atoms with Crippen LogP contribution >= 0.6 is 0 Å². The summed E-state index contributed by atoms with van der Waals surface area (Å²) in [5.74, 6) is -4.90. The van der Waals surface area contributed by atoms with Crippen LogP contribution in [0.2, 0.25) is 0 Å². The number of hydrogen-bond donors (Lipinski definition) is 4. The van der Waals surface area contributed by atoms with Crippen molar-refractivity contribution in [3.63, 3.8) is 0 Å². The number of aliphatic hydroxyl groups excluding tert-OH is 2.